The Balaban J connectivity index is 1.53. The van der Waals surface area contributed by atoms with Crippen LogP contribution in [0.1, 0.15) is 11.5 Å². The zero-order valence-electron chi connectivity index (χ0n) is 13.4. The van der Waals surface area contributed by atoms with Crippen LogP contribution in [0, 0.1) is 6.92 Å². The minimum Gasteiger partial charge on any atom is -0.484 e. The normalized spacial score (nSPS) is 10.9. The van der Waals surface area contributed by atoms with Crippen molar-refractivity contribution in [3.63, 3.8) is 0 Å². The lowest BCUT2D eigenvalue weighted by Crippen LogP contribution is -1.99. The predicted octanol–water partition coefficient (Wildman–Crippen LogP) is 3.73. The highest BCUT2D eigenvalue weighted by Crippen LogP contribution is 2.23. The van der Waals surface area contributed by atoms with E-state index in [9.17, 15) is 4.79 Å². The molecule has 0 aliphatic rings. The quantitative estimate of drug-likeness (QED) is 0.529. The fraction of sp³-hybridized carbons (Fsp3) is 0.105. The van der Waals surface area contributed by atoms with Crippen LogP contribution in [0.2, 0.25) is 0 Å². The van der Waals surface area contributed by atoms with Crippen molar-refractivity contribution in [1.29, 1.82) is 0 Å². The maximum Gasteiger partial charge on any atom is 0.336 e. The first-order chi connectivity index (χ1) is 12.2. The van der Waals surface area contributed by atoms with Gasteiger partial charge >= 0.3 is 5.63 Å². The number of nitrogens with zero attached hydrogens (tertiary/aromatic N) is 2. The molecule has 25 heavy (non-hydrogen) atoms. The molecule has 0 atom stereocenters. The van der Waals surface area contributed by atoms with E-state index in [0.717, 1.165) is 16.5 Å². The minimum absolute atomic E-state index is 0.126. The van der Waals surface area contributed by atoms with E-state index >= 15 is 0 Å². The number of aryl methyl sites for hydroxylation is 1. The third kappa shape index (κ3) is 3.14. The molecule has 2 aromatic carbocycles. The van der Waals surface area contributed by atoms with Crippen LogP contribution in [0.5, 0.6) is 5.75 Å². The standard InChI is InChI=1S/C19H14N2O4/c1-12-9-18(22)24-16-10-14(7-8-15(12)16)23-11-17-20-21-19(25-17)13-5-3-2-4-6-13/h2-10H,11H2,1H3. The van der Waals surface area contributed by atoms with Gasteiger partial charge in [0.05, 0.1) is 0 Å². The summed E-state index contributed by atoms with van der Waals surface area (Å²) in [6.07, 6.45) is 0. The molecule has 4 aromatic rings. The Morgan fingerprint density at radius 1 is 1.00 bits per heavy atom. The summed E-state index contributed by atoms with van der Waals surface area (Å²) in [5, 5.41) is 8.87. The average molecular weight is 334 g/mol. The minimum atomic E-state index is -0.383. The highest BCUT2D eigenvalue weighted by Gasteiger charge is 2.09. The zero-order valence-corrected chi connectivity index (χ0v) is 13.4. The van der Waals surface area contributed by atoms with Crippen molar-refractivity contribution in [2.75, 3.05) is 0 Å². The Morgan fingerprint density at radius 2 is 1.84 bits per heavy atom. The number of hydrogen-bond acceptors (Lipinski definition) is 6. The Bertz CT molecular complexity index is 1080. The average Bonchev–Trinajstić information content (AvgIpc) is 3.09. The number of ether oxygens (including phenoxy) is 1. The first kappa shape index (κ1) is 15.1. The molecule has 6 nitrogen and oxygen atoms in total. The molecule has 0 unspecified atom stereocenters. The molecule has 0 saturated heterocycles. The molecule has 124 valence electrons. The van der Waals surface area contributed by atoms with Gasteiger partial charge in [0.2, 0.25) is 5.89 Å². The Hall–Kier alpha value is -3.41. The van der Waals surface area contributed by atoms with Gasteiger partial charge in [-0.25, -0.2) is 4.79 Å². The fourth-order valence-electron chi connectivity index (χ4n) is 2.55. The number of aromatic nitrogens is 2. The summed E-state index contributed by atoms with van der Waals surface area (Å²) in [6, 6.07) is 16.3. The van der Waals surface area contributed by atoms with Crippen molar-refractivity contribution >= 4 is 11.0 Å². The van der Waals surface area contributed by atoms with Crippen LogP contribution >= 0.6 is 0 Å². The largest absolute Gasteiger partial charge is 0.484 e. The van der Waals surface area contributed by atoms with Crippen LogP contribution in [-0.4, -0.2) is 10.2 Å². The third-order valence-electron chi connectivity index (χ3n) is 3.77. The molecule has 0 spiro atoms. The molecular weight excluding hydrogens is 320 g/mol. The smallest absolute Gasteiger partial charge is 0.336 e. The summed E-state index contributed by atoms with van der Waals surface area (Å²) >= 11 is 0. The van der Waals surface area contributed by atoms with Crippen LogP contribution < -0.4 is 10.4 Å². The molecule has 0 fully saturated rings. The monoisotopic (exact) mass is 334 g/mol. The SMILES string of the molecule is Cc1cc(=O)oc2cc(OCc3nnc(-c4ccccc4)o3)ccc12. The third-order valence-corrected chi connectivity index (χ3v) is 3.77. The van der Waals surface area contributed by atoms with Crippen LogP contribution in [0.15, 0.2) is 68.2 Å². The van der Waals surface area contributed by atoms with Gasteiger partial charge in [-0.3, -0.25) is 0 Å². The van der Waals surface area contributed by atoms with E-state index in [1.807, 2.05) is 49.4 Å². The van der Waals surface area contributed by atoms with Crippen molar-refractivity contribution in [3.05, 3.63) is 76.5 Å². The van der Waals surface area contributed by atoms with Gasteiger partial charge in [-0.2, -0.15) is 0 Å². The van der Waals surface area contributed by atoms with E-state index in [1.165, 1.54) is 6.07 Å². The molecule has 6 heteroatoms. The molecule has 2 aromatic heterocycles. The predicted molar refractivity (Wildman–Crippen MR) is 91.3 cm³/mol. The van der Waals surface area contributed by atoms with E-state index in [4.69, 9.17) is 13.6 Å². The molecular formula is C19H14N2O4. The fourth-order valence-corrected chi connectivity index (χ4v) is 2.55. The van der Waals surface area contributed by atoms with Crippen LogP contribution in [-0.2, 0) is 6.61 Å². The molecule has 0 aliphatic heterocycles. The van der Waals surface area contributed by atoms with E-state index < -0.39 is 0 Å². The maximum absolute atomic E-state index is 11.5. The van der Waals surface area contributed by atoms with E-state index in [0.29, 0.717) is 23.1 Å². The van der Waals surface area contributed by atoms with Crippen molar-refractivity contribution in [1.82, 2.24) is 10.2 Å². The summed E-state index contributed by atoms with van der Waals surface area (Å²) in [6.45, 7) is 1.99. The second kappa shape index (κ2) is 6.24. The molecule has 0 amide bonds. The first-order valence-corrected chi connectivity index (χ1v) is 7.74. The summed E-state index contributed by atoms with van der Waals surface area (Å²) in [5.41, 5.74) is 1.82. The molecule has 0 N–H and O–H groups in total. The second-order valence-electron chi connectivity index (χ2n) is 5.56. The maximum atomic E-state index is 11.5. The van der Waals surface area contributed by atoms with Crippen molar-refractivity contribution in [2.24, 2.45) is 0 Å². The number of benzene rings is 2. The Kier molecular flexibility index (Phi) is 3.78. The van der Waals surface area contributed by atoms with Gasteiger partial charge in [0.25, 0.3) is 5.89 Å². The van der Waals surface area contributed by atoms with Gasteiger partial charge in [-0.1, -0.05) is 18.2 Å². The molecule has 2 heterocycles. The van der Waals surface area contributed by atoms with Crippen molar-refractivity contribution in [3.8, 4) is 17.2 Å². The lowest BCUT2D eigenvalue weighted by atomic mass is 10.1. The van der Waals surface area contributed by atoms with Gasteiger partial charge in [-0.05, 0) is 36.8 Å². The van der Waals surface area contributed by atoms with Crippen LogP contribution in [0.25, 0.3) is 22.4 Å². The molecule has 0 aliphatic carbocycles. The van der Waals surface area contributed by atoms with Gasteiger partial charge < -0.3 is 13.6 Å². The molecule has 0 radical (unpaired) electrons. The summed E-state index contributed by atoms with van der Waals surface area (Å²) in [4.78, 5) is 11.5. The van der Waals surface area contributed by atoms with Crippen molar-refractivity contribution in [2.45, 2.75) is 13.5 Å². The van der Waals surface area contributed by atoms with Crippen molar-refractivity contribution < 1.29 is 13.6 Å². The zero-order chi connectivity index (χ0) is 17.2. The Labute approximate surface area is 142 Å². The Morgan fingerprint density at radius 3 is 2.68 bits per heavy atom. The lowest BCUT2D eigenvalue weighted by Gasteiger charge is -2.05. The van der Waals surface area contributed by atoms with E-state index in [2.05, 4.69) is 10.2 Å². The van der Waals surface area contributed by atoms with Gasteiger partial charge in [0, 0.05) is 23.1 Å². The number of hydrogen-bond donors (Lipinski definition) is 0. The highest BCUT2D eigenvalue weighted by molar-refractivity contribution is 5.81. The highest BCUT2D eigenvalue weighted by atomic mass is 16.5. The summed E-state index contributed by atoms with van der Waals surface area (Å²) in [7, 11) is 0. The molecule has 4 rings (SSSR count). The summed E-state index contributed by atoms with van der Waals surface area (Å²) < 4.78 is 16.5. The van der Waals surface area contributed by atoms with E-state index in [-0.39, 0.29) is 12.2 Å². The summed E-state index contributed by atoms with van der Waals surface area (Å²) in [5.74, 6) is 1.37. The topological polar surface area (TPSA) is 78.4 Å². The number of rotatable bonds is 4. The van der Waals surface area contributed by atoms with Gasteiger partial charge in [0.15, 0.2) is 6.61 Å². The van der Waals surface area contributed by atoms with Crippen LogP contribution in [0.4, 0.5) is 0 Å². The van der Waals surface area contributed by atoms with Gasteiger partial charge in [0.1, 0.15) is 11.3 Å². The molecule has 0 bridgehead atoms. The second-order valence-corrected chi connectivity index (χ2v) is 5.56. The van der Waals surface area contributed by atoms with E-state index in [1.54, 1.807) is 6.07 Å². The van der Waals surface area contributed by atoms with Gasteiger partial charge in [-0.15, -0.1) is 10.2 Å². The van der Waals surface area contributed by atoms with Crippen LogP contribution in [0.3, 0.4) is 0 Å². The molecule has 0 saturated carbocycles. The number of fused-ring (bicyclic) bond motifs is 1. The lowest BCUT2D eigenvalue weighted by molar-refractivity contribution is 0.264. The first-order valence-electron chi connectivity index (χ1n) is 7.74.